The highest BCUT2D eigenvalue weighted by atomic mass is 16.5. The van der Waals surface area contributed by atoms with Crippen LogP contribution in [0.4, 0.5) is 5.69 Å². The van der Waals surface area contributed by atoms with Crippen LogP contribution < -0.4 is 9.64 Å². The second kappa shape index (κ2) is 8.82. The van der Waals surface area contributed by atoms with Crippen LogP contribution in [0.2, 0.25) is 0 Å². The first-order valence-electron chi connectivity index (χ1n) is 12.4. The summed E-state index contributed by atoms with van der Waals surface area (Å²) in [6, 6.07) is 19.8. The monoisotopic (exact) mass is 480 g/mol. The first-order valence-corrected chi connectivity index (χ1v) is 12.4. The zero-order chi connectivity index (χ0) is 24.7. The van der Waals surface area contributed by atoms with E-state index in [4.69, 9.17) is 4.74 Å². The van der Waals surface area contributed by atoms with Crippen molar-refractivity contribution in [1.29, 1.82) is 0 Å². The number of nitrogens with one attached hydrogen (secondary N) is 1. The summed E-state index contributed by atoms with van der Waals surface area (Å²) in [6.07, 6.45) is 5.74. The SMILES string of the molecule is COc1cc(N2CCC3(CCN(C(=O)c4ccc5ccccc5c4)CC3)C2=O)ccc1-c1cn[nH]c1. The lowest BCUT2D eigenvalue weighted by atomic mass is 9.77. The fourth-order valence-corrected chi connectivity index (χ4v) is 5.66. The van der Waals surface area contributed by atoms with Gasteiger partial charge in [0, 0.05) is 54.3 Å². The van der Waals surface area contributed by atoms with Crippen molar-refractivity contribution >= 4 is 28.3 Å². The molecule has 0 radical (unpaired) electrons. The molecule has 1 N–H and O–H groups in total. The Morgan fingerprint density at radius 1 is 0.972 bits per heavy atom. The molecule has 0 aliphatic carbocycles. The summed E-state index contributed by atoms with van der Waals surface area (Å²) in [7, 11) is 1.64. The molecule has 4 aromatic rings. The number of fused-ring (bicyclic) bond motifs is 1. The van der Waals surface area contributed by atoms with Gasteiger partial charge in [-0.05, 0) is 54.3 Å². The van der Waals surface area contributed by atoms with E-state index < -0.39 is 5.41 Å². The maximum atomic E-state index is 13.7. The van der Waals surface area contributed by atoms with Crippen LogP contribution in [0.15, 0.2) is 73.1 Å². The zero-order valence-corrected chi connectivity index (χ0v) is 20.2. The Bertz CT molecular complexity index is 1440. The van der Waals surface area contributed by atoms with Crippen molar-refractivity contribution in [3.63, 3.8) is 0 Å². The zero-order valence-electron chi connectivity index (χ0n) is 20.2. The number of carbonyl (C=O) groups excluding carboxylic acids is 2. The van der Waals surface area contributed by atoms with Crippen LogP contribution in [0, 0.1) is 5.41 Å². The number of likely N-dealkylation sites (tertiary alicyclic amines) is 1. The number of benzene rings is 3. The molecular weight excluding hydrogens is 452 g/mol. The van der Waals surface area contributed by atoms with E-state index in [0.717, 1.165) is 34.0 Å². The van der Waals surface area contributed by atoms with E-state index in [2.05, 4.69) is 10.2 Å². The van der Waals surface area contributed by atoms with Crippen LogP contribution in [-0.2, 0) is 4.79 Å². The number of H-pyrrole nitrogens is 1. The molecule has 2 saturated heterocycles. The average molecular weight is 481 g/mol. The Hall–Kier alpha value is -4.13. The minimum atomic E-state index is -0.406. The van der Waals surface area contributed by atoms with Crippen molar-refractivity contribution in [2.45, 2.75) is 19.3 Å². The van der Waals surface area contributed by atoms with Crippen LogP contribution in [0.1, 0.15) is 29.6 Å². The maximum absolute atomic E-state index is 13.7. The Balaban J connectivity index is 1.16. The average Bonchev–Trinajstić information content (AvgIpc) is 3.57. The summed E-state index contributed by atoms with van der Waals surface area (Å²) in [6.45, 7) is 1.85. The molecule has 2 aliphatic rings. The maximum Gasteiger partial charge on any atom is 0.253 e. The third-order valence-corrected chi connectivity index (χ3v) is 7.82. The first-order chi connectivity index (χ1) is 17.6. The van der Waals surface area contributed by atoms with Gasteiger partial charge in [-0.2, -0.15) is 5.10 Å². The Kier molecular flexibility index (Phi) is 5.48. The second-order valence-corrected chi connectivity index (χ2v) is 9.71. The van der Waals surface area contributed by atoms with Gasteiger partial charge in [0.05, 0.1) is 18.7 Å². The number of carbonyl (C=O) groups is 2. The highest BCUT2D eigenvalue weighted by Crippen LogP contribution is 2.44. The summed E-state index contributed by atoms with van der Waals surface area (Å²) in [5.41, 5.74) is 3.00. The molecule has 0 saturated carbocycles. The Morgan fingerprint density at radius 3 is 2.50 bits per heavy atom. The van der Waals surface area contributed by atoms with Gasteiger partial charge in [-0.3, -0.25) is 14.7 Å². The highest BCUT2D eigenvalue weighted by Gasteiger charge is 2.49. The molecule has 182 valence electrons. The van der Waals surface area contributed by atoms with E-state index in [1.54, 1.807) is 13.3 Å². The van der Waals surface area contributed by atoms with Gasteiger partial charge >= 0.3 is 0 Å². The van der Waals surface area contributed by atoms with Crippen molar-refractivity contribution in [2.75, 3.05) is 31.6 Å². The molecule has 0 atom stereocenters. The summed E-state index contributed by atoms with van der Waals surface area (Å²) in [5.74, 6) is 0.898. The van der Waals surface area contributed by atoms with E-state index in [1.165, 1.54) is 0 Å². The lowest BCUT2D eigenvalue weighted by Crippen LogP contribution is -2.46. The molecule has 0 unspecified atom stereocenters. The minimum absolute atomic E-state index is 0.0393. The van der Waals surface area contributed by atoms with Gasteiger partial charge in [0.1, 0.15) is 5.75 Å². The van der Waals surface area contributed by atoms with Crippen molar-refractivity contribution in [2.24, 2.45) is 5.41 Å². The molecule has 7 heteroatoms. The first kappa shape index (κ1) is 22.3. The van der Waals surface area contributed by atoms with Crippen LogP contribution in [-0.4, -0.2) is 53.7 Å². The Labute approximate surface area is 209 Å². The van der Waals surface area contributed by atoms with Gasteiger partial charge in [-0.1, -0.05) is 30.3 Å². The van der Waals surface area contributed by atoms with Gasteiger partial charge in [0.2, 0.25) is 5.91 Å². The smallest absolute Gasteiger partial charge is 0.253 e. The number of nitrogens with zero attached hydrogens (tertiary/aromatic N) is 3. The van der Waals surface area contributed by atoms with Gasteiger partial charge in [-0.15, -0.1) is 0 Å². The number of aromatic amines is 1. The molecule has 0 bridgehead atoms. The fraction of sp³-hybridized carbons (Fsp3) is 0.276. The normalized spacial score (nSPS) is 17.2. The second-order valence-electron chi connectivity index (χ2n) is 9.71. The number of methoxy groups -OCH3 is 1. The van der Waals surface area contributed by atoms with Crippen molar-refractivity contribution in [3.8, 4) is 16.9 Å². The fourth-order valence-electron chi connectivity index (χ4n) is 5.66. The molecule has 2 aliphatic heterocycles. The molecular formula is C29H28N4O3. The molecule has 6 rings (SSSR count). The summed E-state index contributed by atoms with van der Waals surface area (Å²) < 4.78 is 5.63. The van der Waals surface area contributed by atoms with Crippen molar-refractivity contribution in [3.05, 3.63) is 78.6 Å². The number of ether oxygens (including phenoxy) is 1. The molecule has 1 spiro atoms. The van der Waals surface area contributed by atoms with E-state index in [9.17, 15) is 9.59 Å². The molecule has 3 heterocycles. The van der Waals surface area contributed by atoms with Crippen molar-refractivity contribution < 1.29 is 14.3 Å². The third kappa shape index (κ3) is 3.71. The van der Waals surface area contributed by atoms with E-state index in [0.29, 0.717) is 43.8 Å². The summed E-state index contributed by atoms with van der Waals surface area (Å²) in [4.78, 5) is 30.7. The number of anilines is 1. The van der Waals surface area contributed by atoms with Crippen molar-refractivity contribution in [1.82, 2.24) is 15.1 Å². The quantitative estimate of drug-likeness (QED) is 0.451. The van der Waals surface area contributed by atoms with Gasteiger partial charge in [0.15, 0.2) is 0 Å². The van der Waals surface area contributed by atoms with Crippen LogP contribution >= 0.6 is 0 Å². The number of piperidine rings is 1. The lowest BCUT2D eigenvalue weighted by molar-refractivity contribution is -0.127. The van der Waals surface area contributed by atoms with Gasteiger partial charge < -0.3 is 14.5 Å². The number of rotatable bonds is 4. The molecule has 3 aromatic carbocycles. The molecule has 7 nitrogen and oxygen atoms in total. The third-order valence-electron chi connectivity index (χ3n) is 7.82. The molecule has 1 aromatic heterocycles. The van der Waals surface area contributed by atoms with Crippen LogP contribution in [0.5, 0.6) is 5.75 Å². The standard InChI is InChI=1S/C29H28N4O3/c1-36-26-17-24(8-9-25(26)23-18-30-31-19-23)33-15-12-29(28(33)35)10-13-32(14-11-29)27(34)22-7-6-20-4-2-3-5-21(20)16-22/h2-9,16-19H,10-15H2,1H3,(H,30,31). The molecule has 2 amide bonds. The van der Waals surface area contributed by atoms with E-state index >= 15 is 0 Å². The minimum Gasteiger partial charge on any atom is -0.496 e. The number of aromatic nitrogens is 2. The van der Waals surface area contributed by atoms with E-state index in [-0.39, 0.29) is 11.8 Å². The van der Waals surface area contributed by atoms with Gasteiger partial charge in [-0.25, -0.2) is 0 Å². The molecule has 2 fully saturated rings. The van der Waals surface area contributed by atoms with Gasteiger partial charge in [0.25, 0.3) is 5.91 Å². The predicted molar refractivity (Wildman–Crippen MR) is 139 cm³/mol. The number of hydrogen-bond donors (Lipinski definition) is 1. The number of amides is 2. The summed E-state index contributed by atoms with van der Waals surface area (Å²) in [5, 5.41) is 9.03. The topological polar surface area (TPSA) is 78.5 Å². The van der Waals surface area contributed by atoms with Crippen LogP contribution in [0.25, 0.3) is 21.9 Å². The summed E-state index contributed by atoms with van der Waals surface area (Å²) >= 11 is 0. The van der Waals surface area contributed by atoms with Crippen LogP contribution in [0.3, 0.4) is 0 Å². The predicted octanol–water partition coefficient (Wildman–Crippen LogP) is 4.90. The highest BCUT2D eigenvalue weighted by molar-refractivity contribution is 6.01. The molecule has 36 heavy (non-hydrogen) atoms. The largest absolute Gasteiger partial charge is 0.496 e. The van der Waals surface area contributed by atoms with E-state index in [1.807, 2.05) is 76.7 Å². The lowest BCUT2D eigenvalue weighted by Gasteiger charge is -2.38. The Morgan fingerprint density at radius 2 is 1.75 bits per heavy atom. The number of hydrogen-bond acceptors (Lipinski definition) is 4.